The average molecular weight is 341 g/mol. The van der Waals surface area contributed by atoms with E-state index in [9.17, 15) is 9.59 Å². The molecule has 0 saturated carbocycles. The monoisotopic (exact) mass is 341 g/mol. The maximum Gasteiger partial charge on any atom is 0.275 e. The number of unbranched alkanes of at least 4 members (excludes halogenated alkanes) is 1. The molecule has 0 aliphatic rings. The van der Waals surface area contributed by atoms with Crippen LogP contribution in [0.5, 0.6) is 0 Å². The van der Waals surface area contributed by atoms with Crippen molar-refractivity contribution in [3.05, 3.63) is 42.4 Å². The van der Waals surface area contributed by atoms with E-state index < -0.39 is 0 Å². The number of rotatable bonds is 7. The number of anilines is 3. The molecule has 0 radical (unpaired) electrons. The highest BCUT2D eigenvalue weighted by Gasteiger charge is 2.10. The Hall–Kier alpha value is -2.96. The highest BCUT2D eigenvalue weighted by molar-refractivity contribution is 6.03. The molecular formula is C18H23N5O2. The zero-order valence-corrected chi connectivity index (χ0v) is 14.7. The van der Waals surface area contributed by atoms with Crippen LogP contribution in [0.25, 0.3) is 0 Å². The SMILES string of the molecule is CCCCN(C)c1cnc(C(=O)Nc2cccc(NC(C)=O)c2)cn1. The Kier molecular flexibility index (Phi) is 6.45. The molecule has 0 aliphatic carbocycles. The lowest BCUT2D eigenvalue weighted by molar-refractivity contribution is -0.114. The molecule has 0 bridgehead atoms. The summed E-state index contributed by atoms with van der Waals surface area (Å²) < 4.78 is 0. The number of nitrogens with zero attached hydrogens (tertiary/aromatic N) is 3. The topological polar surface area (TPSA) is 87.2 Å². The number of hydrogen-bond donors (Lipinski definition) is 2. The van der Waals surface area contributed by atoms with Crippen LogP contribution in [-0.4, -0.2) is 35.4 Å². The van der Waals surface area contributed by atoms with Crippen molar-refractivity contribution in [2.75, 3.05) is 29.1 Å². The van der Waals surface area contributed by atoms with Crippen LogP contribution in [0.3, 0.4) is 0 Å². The van der Waals surface area contributed by atoms with Gasteiger partial charge in [0.05, 0.1) is 12.4 Å². The largest absolute Gasteiger partial charge is 0.358 e. The molecule has 0 spiro atoms. The minimum Gasteiger partial charge on any atom is -0.358 e. The number of benzene rings is 1. The summed E-state index contributed by atoms with van der Waals surface area (Å²) in [6, 6.07) is 6.92. The molecule has 0 fully saturated rings. The van der Waals surface area contributed by atoms with E-state index in [-0.39, 0.29) is 17.5 Å². The van der Waals surface area contributed by atoms with Gasteiger partial charge in [0, 0.05) is 31.9 Å². The van der Waals surface area contributed by atoms with Gasteiger partial charge in [-0.2, -0.15) is 0 Å². The van der Waals surface area contributed by atoms with Gasteiger partial charge in [-0.25, -0.2) is 9.97 Å². The number of nitrogens with one attached hydrogen (secondary N) is 2. The van der Waals surface area contributed by atoms with Crippen LogP contribution in [0.1, 0.15) is 37.2 Å². The van der Waals surface area contributed by atoms with E-state index in [2.05, 4.69) is 27.5 Å². The Balaban J connectivity index is 2.02. The molecule has 1 aromatic carbocycles. The van der Waals surface area contributed by atoms with E-state index >= 15 is 0 Å². The normalized spacial score (nSPS) is 10.2. The van der Waals surface area contributed by atoms with Crippen molar-refractivity contribution < 1.29 is 9.59 Å². The molecule has 25 heavy (non-hydrogen) atoms. The Morgan fingerprint density at radius 3 is 2.44 bits per heavy atom. The molecule has 2 rings (SSSR count). The lowest BCUT2D eigenvalue weighted by Gasteiger charge is -2.17. The molecule has 7 heteroatoms. The molecular weight excluding hydrogens is 318 g/mol. The van der Waals surface area contributed by atoms with Crippen molar-refractivity contribution in [2.24, 2.45) is 0 Å². The lowest BCUT2D eigenvalue weighted by atomic mass is 10.2. The van der Waals surface area contributed by atoms with Crippen molar-refractivity contribution in [3.63, 3.8) is 0 Å². The van der Waals surface area contributed by atoms with Crippen molar-refractivity contribution in [1.82, 2.24) is 9.97 Å². The van der Waals surface area contributed by atoms with Gasteiger partial charge in [-0.3, -0.25) is 9.59 Å². The predicted molar refractivity (Wildman–Crippen MR) is 98.9 cm³/mol. The van der Waals surface area contributed by atoms with Gasteiger partial charge in [-0.1, -0.05) is 19.4 Å². The van der Waals surface area contributed by atoms with Crippen LogP contribution in [0.2, 0.25) is 0 Å². The molecule has 1 aromatic heterocycles. The third kappa shape index (κ3) is 5.56. The molecule has 0 saturated heterocycles. The average Bonchev–Trinajstić information content (AvgIpc) is 2.59. The lowest BCUT2D eigenvalue weighted by Crippen LogP contribution is -2.21. The van der Waals surface area contributed by atoms with E-state index in [1.807, 2.05) is 11.9 Å². The number of amides is 2. The molecule has 0 aliphatic heterocycles. The maximum atomic E-state index is 12.3. The number of carbonyl (C=O) groups excluding carboxylic acids is 2. The minimum atomic E-state index is -0.352. The molecule has 2 aromatic rings. The summed E-state index contributed by atoms with van der Waals surface area (Å²) >= 11 is 0. The van der Waals surface area contributed by atoms with Crippen LogP contribution in [-0.2, 0) is 4.79 Å². The summed E-state index contributed by atoms with van der Waals surface area (Å²) in [4.78, 5) is 33.9. The van der Waals surface area contributed by atoms with E-state index in [4.69, 9.17) is 0 Å². The molecule has 132 valence electrons. The summed E-state index contributed by atoms with van der Waals surface area (Å²) in [5.74, 6) is 0.213. The highest BCUT2D eigenvalue weighted by atomic mass is 16.2. The van der Waals surface area contributed by atoms with Crippen molar-refractivity contribution >= 4 is 29.0 Å². The van der Waals surface area contributed by atoms with Crippen LogP contribution >= 0.6 is 0 Å². The third-order valence-corrected chi connectivity index (χ3v) is 3.55. The van der Waals surface area contributed by atoms with Crippen molar-refractivity contribution in [1.29, 1.82) is 0 Å². The van der Waals surface area contributed by atoms with Gasteiger partial charge < -0.3 is 15.5 Å². The summed E-state index contributed by atoms with van der Waals surface area (Å²) in [5, 5.41) is 5.42. The predicted octanol–water partition coefficient (Wildman–Crippen LogP) is 2.92. The van der Waals surface area contributed by atoms with Gasteiger partial charge in [0.2, 0.25) is 5.91 Å². The Labute approximate surface area is 147 Å². The van der Waals surface area contributed by atoms with E-state index in [0.717, 1.165) is 25.2 Å². The Morgan fingerprint density at radius 2 is 1.84 bits per heavy atom. The second kappa shape index (κ2) is 8.77. The van der Waals surface area contributed by atoms with E-state index in [1.54, 1.807) is 30.5 Å². The summed E-state index contributed by atoms with van der Waals surface area (Å²) in [5.41, 5.74) is 1.42. The van der Waals surface area contributed by atoms with Crippen LogP contribution < -0.4 is 15.5 Å². The maximum absolute atomic E-state index is 12.3. The summed E-state index contributed by atoms with van der Waals surface area (Å²) in [6.45, 7) is 4.46. The molecule has 2 amide bonds. The molecule has 7 nitrogen and oxygen atoms in total. The van der Waals surface area contributed by atoms with Gasteiger partial charge in [-0.05, 0) is 24.6 Å². The Morgan fingerprint density at radius 1 is 1.12 bits per heavy atom. The quantitative estimate of drug-likeness (QED) is 0.808. The first-order valence-corrected chi connectivity index (χ1v) is 8.21. The molecule has 0 atom stereocenters. The van der Waals surface area contributed by atoms with E-state index in [1.165, 1.54) is 13.1 Å². The fourth-order valence-corrected chi connectivity index (χ4v) is 2.22. The molecule has 2 N–H and O–H groups in total. The van der Waals surface area contributed by atoms with Gasteiger partial charge >= 0.3 is 0 Å². The summed E-state index contributed by atoms with van der Waals surface area (Å²) in [7, 11) is 1.95. The van der Waals surface area contributed by atoms with Gasteiger partial charge in [0.25, 0.3) is 5.91 Å². The van der Waals surface area contributed by atoms with Crippen LogP contribution in [0, 0.1) is 0 Å². The standard InChI is InChI=1S/C18H23N5O2/c1-4-5-9-23(3)17-12-19-16(11-20-17)18(25)22-15-8-6-7-14(10-15)21-13(2)24/h6-8,10-12H,4-5,9H2,1-3H3,(H,21,24)(H,22,25). The van der Waals surface area contributed by atoms with Crippen molar-refractivity contribution in [3.8, 4) is 0 Å². The number of carbonyl (C=O) groups is 2. The zero-order valence-electron chi connectivity index (χ0n) is 14.7. The number of aromatic nitrogens is 2. The second-order valence-corrected chi connectivity index (χ2v) is 5.75. The zero-order chi connectivity index (χ0) is 18.2. The molecule has 0 unspecified atom stereocenters. The van der Waals surface area contributed by atoms with Crippen LogP contribution in [0.15, 0.2) is 36.7 Å². The second-order valence-electron chi connectivity index (χ2n) is 5.75. The van der Waals surface area contributed by atoms with E-state index in [0.29, 0.717) is 11.4 Å². The van der Waals surface area contributed by atoms with Gasteiger partial charge in [0.1, 0.15) is 11.5 Å². The smallest absolute Gasteiger partial charge is 0.275 e. The number of hydrogen-bond acceptors (Lipinski definition) is 5. The van der Waals surface area contributed by atoms with Gasteiger partial charge in [0.15, 0.2) is 0 Å². The first-order valence-electron chi connectivity index (χ1n) is 8.21. The van der Waals surface area contributed by atoms with Gasteiger partial charge in [-0.15, -0.1) is 0 Å². The molecule has 1 heterocycles. The minimum absolute atomic E-state index is 0.169. The first-order chi connectivity index (χ1) is 12.0. The fourth-order valence-electron chi connectivity index (χ4n) is 2.22. The first kappa shape index (κ1) is 18.4. The van der Waals surface area contributed by atoms with Crippen molar-refractivity contribution in [2.45, 2.75) is 26.7 Å². The fraction of sp³-hybridized carbons (Fsp3) is 0.333. The van der Waals surface area contributed by atoms with Crippen LogP contribution in [0.4, 0.5) is 17.2 Å². The highest BCUT2D eigenvalue weighted by Crippen LogP contribution is 2.16. The Bertz CT molecular complexity index is 731. The third-order valence-electron chi connectivity index (χ3n) is 3.55. The summed E-state index contributed by atoms with van der Waals surface area (Å²) in [6.07, 6.45) is 5.24.